The predicted octanol–water partition coefficient (Wildman–Crippen LogP) is 8.36. The zero-order chi connectivity index (χ0) is 31.3. The van der Waals surface area contributed by atoms with Crippen molar-refractivity contribution >= 4 is 27.6 Å². The summed E-state index contributed by atoms with van der Waals surface area (Å²) >= 11 is 0. The van der Waals surface area contributed by atoms with Crippen molar-refractivity contribution in [2.24, 2.45) is 0 Å². The second kappa shape index (κ2) is 11.1. The molecule has 0 fully saturated rings. The number of hydrogen-bond donors (Lipinski definition) is 1. The fourth-order valence-corrected chi connectivity index (χ4v) is 6.36. The van der Waals surface area contributed by atoms with Gasteiger partial charge >= 0.3 is 5.97 Å². The van der Waals surface area contributed by atoms with Gasteiger partial charge in [-0.2, -0.15) is 0 Å². The van der Waals surface area contributed by atoms with E-state index < -0.39 is 17.7 Å². The number of nitrogens with zero attached hydrogens (tertiary/aromatic N) is 3. The second-order valence-corrected chi connectivity index (χ2v) is 12.5. The highest BCUT2D eigenvalue weighted by Gasteiger charge is 2.32. The van der Waals surface area contributed by atoms with Crippen LogP contribution in [0.3, 0.4) is 0 Å². The molecule has 7 rings (SSSR count). The number of carboxylic acids is 1. The van der Waals surface area contributed by atoms with Crippen LogP contribution in [0.15, 0.2) is 91.6 Å². The van der Waals surface area contributed by atoms with Crippen LogP contribution >= 0.6 is 0 Å². The third kappa shape index (κ3) is 5.29. The molecule has 0 aliphatic carbocycles. The van der Waals surface area contributed by atoms with Crippen LogP contribution in [0, 0.1) is 6.92 Å². The summed E-state index contributed by atoms with van der Waals surface area (Å²) in [6, 6.07) is 22.8. The van der Waals surface area contributed by atoms with E-state index in [-0.39, 0.29) is 0 Å². The van der Waals surface area contributed by atoms with E-state index in [2.05, 4.69) is 58.5 Å². The van der Waals surface area contributed by atoms with Crippen LogP contribution in [0.25, 0.3) is 55.1 Å². The summed E-state index contributed by atoms with van der Waals surface area (Å²) in [6.07, 6.45) is 6.57. The number of ether oxygens (including phenoxy) is 2. The van der Waals surface area contributed by atoms with E-state index in [1.165, 1.54) is 11.9 Å². The second-order valence-electron chi connectivity index (χ2n) is 12.5. The van der Waals surface area contributed by atoms with Gasteiger partial charge in [0.25, 0.3) is 0 Å². The molecule has 0 saturated heterocycles. The van der Waals surface area contributed by atoms with Crippen LogP contribution in [0.5, 0.6) is 5.75 Å². The van der Waals surface area contributed by atoms with Crippen molar-refractivity contribution < 1.29 is 19.4 Å². The van der Waals surface area contributed by atoms with Gasteiger partial charge in [0.2, 0.25) is 0 Å². The predicted molar refractivity (Wildman–Crippen MR) is 176 cm³/mol. The highest BCUT2D eigenvalue weighted by atomic mass is 16.5. The molecule has 1 N–H and O–H groups in total. The van der Waals surface area contributed by atoms with Gasteiger partial charge in [-0.3, -0.25) is 4.98 Å². The van der Waals surface area contributed by atoms with E-state index in [0.717, 1.165) is 72.8 Å². The molecule has 7 heteroatoms. The molecule has 45 heavy (non-hydrogen) atoms. The maximum atomic E-state index is 12.9. The van der Waals surface area contributed by atoms with Crippen molar-refractivity contribution in [3.05, 3.63) is 108 Å². The Labute approximate surface area is 261 Å². The van der Waals surface area contributed by atoms with E-state index >= 15 is 0 Å². The molecular weight excluding hydrogens is 562 g/mol. The smallest absolute Gasteiger partial charge is 0.337 e. The fraction of sp³-hybridized carbons (Fsp3) is 0.211. The van der Waals surface area contributed by atoms with Crippen LogP contribution in [-0.4, -0.2) is 38.2 Å². The number of fused-ring (bicyclic) bond motifs is 1. The zero-order valence-electron chi connectivity index (χ0n) is 25.7. The van der Waals surface area contributed by atoms with Gasteiger partial charge in [0, 0.05) is 47.1 Å². The molecule has 4 aromatic carbocycles. The van der Waals surface area contributed by atoms with Crippen LogP contribution in [0.4, 0.5) is 0 Å². The normalized spacial score (nSPS) is 13.5. The average Bonchev–Trinajstić information content (AvgIpc) is 3.03. The Kier molecular flexibility index (Phi) is 7.06. The average molecular weight is 596 g/mol. The standard InChI is InChI=1S/C38H33N3O4/c1-22-17-27-18-26(23-5-7-24(8-6-23)28-19-39-21-40-20-28)9-10-29(27)34(32(22)36(37(42)43)45-38(2,3)4)30-11-12-31-33-25(14-16-44-31)13-15-41-35(30)33/h5-13,15,17-21,36H,14,16H2,1-4H3,(H,42,43)/t36-/m0/s1. The lowest BCUT2D eigenvalue weighted by Crippen LogP contribution is -2.28. The van der Waals surface area contributed by atoms with E-state index in [4.69, 9.17) is 14.5 Å². The monoisotopic (exact) mass is 595 g/mol. The lowest BCUT2D eigenvalue weighted by atomic mass is 9.84. The quantitative estimate of drug-likeness (QED) is 0.207. The lowest BCUT2D eigenvalue weighted by Gasteiger charge is -2.29. The Morgan fingerprint density at radius 3 is 2.33 bits per heavy atom. The Morgan fingerprint density at radius 2 is 1.62 bits per heavy atom. The molecule has 3 heterocycles. The maximum absolute atomic E-state index is 12.9. The molecule has 7 nitrogen and oxygen atoms in total. The molecule has 1 aliphatic rings. The van der Waals surface area contributed by atoms with Crippen molar-refractivity contribution in [2.45, 2.75) is 45.8 Å². The van der Waals surface area contributed by atoms with Crippen molar-refractivity contribution in [3.8, 4) is 39.1 Å². The Hall–Kier alpha value is -5.14. The van der Waals surface area contributed by atoms with Gasteiger partial charge in [0.1, 0.15) is 12.1 Å². The first-order valence-electron chi connectivity index (χ1n) is 15.1. The van der Waals surface area contributed by atoms with Gasteiger partial charge < -0.3 is 14.6 Å². The first kappa shape index (κ1) is 28.6. The Bertz CT molecular complexity index is 2070. The molecule has 0 unspecified atom stereocenters. The number of aliphatic carboxylic acids is 1. The molecule has 6 aromatic rings. The number of hydrogen-bond acceptors (Lipinski definition) is 6. The number of rotatable bonds is 6. The zero-order valence-corrected chi connectivity index (χ0v) is 25.7. The van der Waals surface area contributed by atoms with Crippen molar-refractivity contribution in [1.29, 1.82) is 0 Å². The summed E-state index contributed by atoms with van der Waals surface area (Å²) < 4.78 is 12.3. The van der Waals surface area contributed by atoms with E-state index in [9.17, 15) is 9.90 Å². The van der Waals surface area contributed by atoms with E-state index in [1.807, 2.05) is 52.1 Å². The van der Waals surface area contributed by atoms with Crippen LogP contribution < -0.4 is 4.74 Å². The van der Waals surface area contributed by atoms with Gasteiger partial charge in [-0.15, -0.1) is 0 Å². The molecule has 0 saturated carbocycles. The lowest BCUT2D eigenvalue weighted by molar-refractivity contribution is -0.160. The molecule has 2 aromatic heterocycles. The SMILES string of the molecule is Cc1cc2cc(-c3ccc(-c4cncnc4)cc3)ccc2c(-c2ccc3c4c(ccnc24)CCO3)c1[C@H](OC(C)(C)C)C(=O)O. The largest absolute Gasteiger partial charge is 0.493 e. The van der Waals surface area contributed by atoms with Crippen LogP contribution in [0.1, 0.15) is 43.6 Å². The number of benzene rings is 4. The molecule has 0 bridgehead atoms. The van der Waals surface area contributed by atoms with Crippen molar-refractivity contribution in [1.82, 2.24) is 15.0 Å². The van der Waals surface area contributed by atoms with E-state index in [0.29, 0.717) is 12.2 Å². The minimum absolute atomic E-state index is 0.619. The summed E-state index contributed by atoms with van der Waals surface area (Å²) in [5, 5.41) is 13.4. The highest BCUT2D eigenvalue weighted by molar-refractivity contribution is 6.09. The molecule has 0 amide bonds. The molecule has 1 aliphatic heterocycles. The fourth-order valence-electron chi connectivity index (χ4n) is 6.36. The summed E-state index contributed by atoms with van der Waals surface area (Å²) in [5.74, 6) is -0.233. The molecule has 0 radical (unpaired) electrons. The summed E-state index contributed by atoms with van der Waals surface area (Å²) in [5.41, 5.74) is 8.55. The molecule has 0 spiro atoms. The van der Waals surface area contributed by atoms with Gasteiger partial charge in [0.15, 0.2) is 6.10 Å². The van der Waals surface area contributed by atoms with Crippen molar-refractivity contribution in [2.75, 3.05) is 6.61 Å². The number of pyridine rings is 1. The van der Waals surface area contributed by atoms with Gasteiger partial charge in [0.05, 0.1) is 17.7 Å². The summed E-state index contributed by atoms with van der Waals surface area (Å²) in [4.78, 5) is 26.0. The first-order chi connectivity index (χ1) is 21.7. The number of carbonyl (C=O) groups is 1. The molecular formula is C38H33N3O4. The summed E-state index contributed by atoms with van der Waals surface area (Å²) in [6.45, 7) is 8.22. The topological polar surface area (TPSA) is 94.4 Å². The highest BCUT2D eigenvalue weighted by Crippen LogP contribution is 2.45. The Morgan fingerprint density at radius 1 is 0.911 bits per heavy atom. The van der Waals surface area contributed by atoms with E-state index in [1.54, 1.807) is 12.4 Å². The third-order valence-electron chi connectivity index (χ3n) is 8.30. The van der Waals surface area contributed by atoms with Gasteiger partial charge in [-0.05, 0) is 96.1 Å². The van der Waals surface area contributed by atoms with Crippen LogP contribution in [0.2, 0.25) is 0 Å². The van der Waals surface area contributed by atoms with Crippen molar-refractivity contribution in [3.63, 3.8) is 0 Å². The molecule has 224 valence electrons. The number of aryl methyl sites for hydroxylation is 1. The third-order valence-corrected chi connectivity index (χ3v) is 8.30. The van der Waals surface area contributed by atoms with Crippen LogP contribution in [-0.2, 0) is 16.0 Å². The maximum Gasteiger partial charge on any atom is 0.337 e. The first-order valence-corrected chi connectivity index (χ1v) is 15.1. The Balaban J connectivity index is 1.46. The minimum atomic E-state index is -1.18. The number of aromatic nitrogens is 3. The number of carboxylic acid groups (broad SMARTS) is 1. The summed E-state index contributed by atoms with van der Waals surface area (Å²) in [7, 11) is 0. The van der Waals surface area contributed by atoms with Gasteiger partial charge in [-0.1, -0.05) is 42.5 Å². The van der Waals surface area contributed by atoms with Gasteiger partial charge in [-0.25, -0.2) is 14.8 Å². The minimum Gasteiger partial charge on any atom is -0.493 e. The molecule has 1 atom stereocenters.